The van der Waals surface area contributed by atoms with Crippen LogP contribution in [0.1, 0.15) is 129 Å². The molecule has 3 heterocycles. The molecule has 0 bridgehead atoms. The Labute approximate surface area is 450 Å². The molecule has 1 aromatic carbocycles. The van der Waals surface area contributed by atoms with Gasteiger partial charge in [0.05, 0.1) is 31.0 Å². The number of amides is 7. The van der Waals surface area contributed by atoms with Crippen LogP contribution in [0.15, 0.2) is 24.3 Å². The molecule has 17 N–H and O–H groups in total. The standard InChI is InChI=1S/C52H87N9O16/c1-5-28(2)24-29(3)12-10-8-6-7-9-11-13-39(68)55-34-26-38(67)50(77-23-21-54)59-49(74)43-37(66)19-22-60(43)52(76)41(36(65)18-20-53)57-48(73)42(45(70)44(69)31-14-16-32(63)17-15-31)58-47(72)35-25-33(64)27-61(35)51(75)40(30(4)62)56-46(34)71/h14-17,28-30,33-38,40-45,50,62-67,69-70H,5-13,18-27,53-54H2,1-4H3,(H,55,68)(H,56,71)(H,57,73)(H,58,72)(H,59,74)/t28?,29?,30-,33-,34-,35+,36-,37+,38+,40+,41+,42+,43+,44+,45+,50-/m1/s1. The highest BCUT2D eigenvalue weighted by Gasteiger charge is 2.49. The normalized spacial score (nSPS) is 28.6. The zero-order chi connectivity index (χ0) is 57.1. The first kappa shape index (κ1) is 64.4. The Morgan fingerprint density at radius 1 is 0.727 bits per heavy atom. The maximum absolute atomic E-state index is 14.6. The second-order valence-electron chi connectivity index (χ2n) is 21.1. The van der Waals surface area contributed by atoms with Gasteiger partial charge in [0.15, 0.2) is 6.23 Å². The number of aliphatic hydroxyl groups excluding tert-OH is 7. The Bertz CT molecular complexity index is 2070. The molecule has 3 saturated heterocycles. The van der Waals surface area contributed by atoms with Gasteiger partial charge in [0, 0.05) is 38.9 Å². The number of nitrogens with two attached hydrogens (primary N) is 2. The van der Waals surface area contributed by atoms with Crippen molar-refractivity contribution in [3.05, 3.63) is 29.8 Å². The molecule has 3 aliphatic heterocycles. The molecule has 0 saturated carbocycles. The molecule has 77 heavy (non-hydrogen) atoms. The summed E-state index contributed by atoms with van der Waals surface area (Å²) in [5.41, 5.74) is 11.4. The van der Waals surface area contributed by atoms with Crippen LogP contribution in [-0.4, -0.2) is 204 Å². The third-order valence-corrected chi connectivity index (χ3v) is 14.8. The number of aliphatic hydroxyl groups is 7. The van der Waals surface area contributed by atoms with Crippen LogP contribution in [0.5, 0.6) is 5.75 Å². The van der Waals surface area contributed by atoms with Gasteiger partial charge in [0.1, 0.15) is 60.3 Å². The average Bonchev–Trinajstić information content (AvgIpc) is 3.99. The first-order chi connectivity index (χ1) is 36.5. The molecule has 436 valence electrons. The minimum absolute atomic E-state index is 0.0414. The number of hydrogen-bond donors (Lipinski definition) is 15. The lowest BCUT2D eigenvalue weighted by atomic mass is 9.91. The molecular weight excluding hydrogens is 1010 g/mol. The van der Waals surface area contributed by atoms with Crippen molar-refractivity contribution in [2.75, 3.05) is 32.8 Å². The second-order valence-corrected chi connectivity index (χ2v) is 21.1. The number of carbonyl (C=O) groups is 7. The quantitative estimate of drug-likeness (QED) is 0.0489. The van der Waals surface area contributed by atoms with E-state index in [0.29, 0.717) is 24.7 Å². The van der Waals surface area contributed by atoms with Crippen molar-refractivity contribution in [3.8, 4) is 5.75 Å². The highest BCUT2D eigenvalue weighted by molar-refractivity contribution is 5.98. The van der Waals surface area contributed by atoms with E-state index in [2.05, 4.69) is 47.4 Å². The summed E-state index contributed by atoms with van der Waals surface area (Å²) < 4.78 is 5.73. The molecule has 25 heteroatoms. The molecule has 0 spiro atoms. The van der Waals surface area contributed by atoms with Crippen LogP contribution >= 0.6 is 0 Å². The zero-order valence-electron chi connectivity index (χ0n) is 44.9. The van der Waals surface area contributed by atoms with Crippen LogP contribution in [0.3, 0.4) is 0 Å². The number of nitrogens with one attached hydrogen (secondary N) is 5. The Kier molecular flexibility index (Phi) is 26.4. The van der Waals surface area contributed by atoms with Gasteiger partial charge in [-0.2, -0.15) is 0 Å². The van der Waals surface area contributed by atoms with Crippen molar-refractivity contribution >= 4 is 41.4 Å². The summed E-state index contributed by atoms with van der Waals surface area (Å²) in [6, 6.07) is -6.54. The number of phenolic OH excluding ortho intramolecular Hbond substituents is 1. The van der Waals surface area contributed by atoms with Crippen molar-refractivity contribution in [2.45, 2.75) is 203 Å². The van der Waals surface area contributed by atoms with E-state index in [0.717, 1.165) is 55.2 Å². The number of phenols is 1. The van der Waals surface area contributed by atoms with E-state index in [9.17, 15) is 74.4 Å². The molecule has 4 rings (SSSR count). The van der Waals surface area contributed by atoms with Crippen LogP contribution in [0.4, 0.5) is 0 Å². The fourth-order valence-corrected chi connectivity index (χ4v) is 10.1. The van der Waals surface area contributed by atoms with Crippen LogP contribution in [0.2, 0.25) is 0 Å². The lowest BCUT2D eigenvalue weighted by molar-refractivity contribution is -0.149. The Balaban J connectivity index is 1.73. The fraction of sp³-hybridized carbons (Fsp3) is 0.750. The largest absolute Gasteiger partial charge is 0.508 e. The van der Waals surface area contributed by atoms with Gasteiger partial charge in [-0.3, -0.25) is 33.6 Å². The van der Waals surface area contributed by atoms with Gasteiger partial charge >= 0.3 is 0 Å². The number of carbonyl (C=O) groups excluding carboxylic acids is 7. The third kappa shape index (κ3) is 18.8. The van der Waals surface area contributed by atoms with E-state index in [1.54, 1.807) is 0 Å². The SMILES string of the molecule is CCC(C)CC(C)CCCCCCCCC(=O)N[C@@H]1C[C@H](O)[C@@H](OCCN)NC(=O)[C@@H]2[C@@H](O)CCN2C(=O)[C@H]([C@H](O)CCN)NC(=O)[C@H]([C@H](O)[C@@H](O)c2ccc(O)cc2)NC(=O)[C@@H]2C[C@@H](O)CN2C(=O)[C@H]([C@@H](C)O)NC1=O. The van der Waals surface area contributed by atoms with Gasteiger partial charge in [0.2, 0.25) is 41.4 Å². The molecule has 3 aliphatic rings. The first-order valence-corrected chi connectivity index (χ1v) is 27.2. The van der Waals surface area contributed by atoms with Crippen molar-refractivity contribution in [2.24, 2.45) is 23.3 Å². The van der Waals surface area contributed by atoms with E-state index < -0.39 is 146 Å². The fourth-order valence-electron chi connectivity index (χ4n) is 10.1. The Hall–Kier alpha value is -5.09. The van der Waals surface area contributed by atoms with Gasteiger partial charge in [-0.15, -0.1) is 0 Å². The van der Waals surface area contributed by atoms with Gasteiger partial charge in [-0.25, -0.2) is 0 Å². The van der Waals surface area contributed by atoms with Crippen LogP contribution in [0.25, 0.3) is 0 Å². The van der Waals surface area contributed by atoms with E-state index in [-0.39, 0.29) is 56.8 Å². The maximum Gasteiger partial charge on any atom is 0.248 e. The lowest BCUT2D eigenvalue weighted by Gasteiger charge is -2.35. The summed E-state index contributed by atoms with van der Waals surface area (Å²) in [5.74, 6) is -6.60. The van der Waals surface area contributed by atoms with Crippen LogP contribution < -0.4 is 38.1 Å². The Morgan fingerprint density at radius 2 is 1.35 bits per heavy atom. The molecular formula is C52H87N9O16. The number of fused-ring (bicyclic) bond motifs is 2. The topological polar surface area (TPSA) is 409 Å². The summed E-state index contributed by atoms with van der Waals surface area (Å²) >= 11 is 0. The number of benzene rings is 1. The molecule has 25 nitrogen and oxygen atoms in total. The monoisotopic (exact) mass is 1090 g/mol. The van der Waals surface area contributed by atoms with Gasteiger partial charge < -0.3 is 93.4 Å². The summed E-state index contributed by atoms with van der Waals surface area (Å²) in [6.07, 6.45) is -7.55. The smallest absolute Gasteiger partial charge is 0.248 e. The van der Waals surface area contributed by atoms with Gasteiger partial charge in [-0.1, -0.05) is 77.8 Å². The number of rotatable bonds is 23. The lowest BCUT2D eigenvalue weighted by Crippen LogP contribution is -2.64. The number of unbranched alkanes of at least 4 members (excludes halogenated alkanes) is 5. The summed E-state index contributed by atoms with van der Waals surface area (Å²) in [5, 5.41) is 101. The number of ether oxygens (including phenoxy) is 1. The molecule has 0 aliphatic carbocycles. The summed E-state index contributed by atoms with van der Waals surface area (Å²) in [6.45, 7) is 6.32. The van der Waals surface area contributed by atoms with Crippen molar-refractivity contribution < 1.29 is 79.2 Å². The molecule has 7 amide bonds. The van der Waals surface area contributed by atoms with Crippen LogP contribution in [0, 0.1) is 11.8 Å². The third-order valence-electron chi connectivity index (χ3n) is 14.8. The Morgan fingerprint density at radius 3 is 1.99 bits per heavy atom. The van der Waals surface area contributed by atoms with Gasteiger partial charge in [-0.05, 0) is 68.7 Å². The number of hydrogen-bond acceptors (Lipinski definition) is 18. The van der Waals surface area contributed by atoms with E-state index in [1.165, 1.54) is 30.7 Å². The minimum Gasteiger partial charge on any atom is -0.508 e. The molecule has 1 aromatic rings. The molecule has 0 aromatic heterocycles. The summed E-state index contributed by atoms with van der Waals surface area (Å²) in [7, 11) is 0. The number of aromatic hydroxyl groups is 1. The highest BCUT2D eigenvalue weighted by Crippen LogP contribution is 2.27. The maximum atomic E-state index is 14.6. The van der Waals surface area contributed by atoms with Crippen molar-refractivity contribution in [1.29, 1.82) is 0 Å². The van der Waals surface area contributed by atoms with Gasteiger partial charge in [0.25, 0.3) is 0 Å². The minimum atomic E-state index is -2.29. The highest BCUT2D eigenvalue weighted by atomic mass is 16.5. The van der Waals surface area contributed by atoms with E-state index >= 15 is 0 Å². The first-order valence-electron chi connectivity index (χ1n) is 27.2. The summed E-state index contributed by atoms with van der Waals surface area (Å²) in [4.78, 5) is 102. The predicted molar refractivity (Wildman–Crippen MR) is 278 cm³/mol. The van der Waals surface area contributed by atoms with Crippen molar-refractivity contribution in [1.82, 2.24) is 36.4 Å². The molecule has 16 atom stereocenters. The average molecular weight is 1090 g/mol. The second kappa shape index (κ2) is 31.5. The van der Waals surface area contributed by atoms with E-state index in [1.807, 2.05) is 0 Å². The predicted octanol–water partition coefficient (Wildman–Crippen LogP) is -2.88. The van der Waals surface area contributed by atoms with Crippen LogP contribution in [-0.2, 0) is 38.3 Å². The molecule has 2 unspecified atom stereocenters. The van der Waals surface area contributed by atoms with Crippen molar-refractivity contribution in [3.63, 3.8) is 0 Å². The molecule has 0 radical (unpaired) electrons. The number of nitrogens with zero attached hydrogens (tertiary/aromatic N) is 2. The van der Waals surface area contributed by atoms with E-state index in [4.69, 9.17) is 16.2 Å². The zero-order valence-corrected chi connectivity index (χ0v) is 44.9. The molecule has 3 fully saturated rings.